The van der Waals surface area contributed by atoms with Crippen LogP contribution < -0.4 is 15.1 Å². The molecular formula is C15H15N3O5. The highest BCUT2D eigenvalue weighted by molar-refractivity contribution is 6.39. The number of carbonyl (C=O) groups excluding carboxylic acids is 3. The summed E-state index contributed by atoms with van der Waals surface area (Å²) in [6.45, 7) is 0. The summed E-state index contributed by atoms with van der Waals surface area (Å²) in [6, 6.07) is 6.66. The normalized spacial score (nSPS) is 23.0. The van der Waals surface area contributed by atoms with Crippen LogP contribution in [0, 0.1) is 0 Å². The van der Waals surface area contributed by atoms with Gasteiger partial charge in [-0.2, -0.15) is 5.10 Å². The molecule has 1 fully saturated rings. The molecule has 0 bridgehead atoms. The SMILES string of the molecule is COC(=O)C1=NNC2(CC(=O)N(c3cccc(OC)c3)C2=O)C1. The van der Waals surface area contributed by atoms with Crippen molar-refractivity contribution < 1.29 is 23.9 Å². The van der Waals surface area contributed by atoms with E-state index in [1.54, 1.807) is 24.3 Å². The Morgan fingerprint density at radius 3 is 2.78 bits per heavy atom. The molecule has 1 atom stereocenters. The summed E-state index contributed by atoms with van der Waals surface area (Å²) in [7, 11) is 2.74. The number of amides is 2. The fraction of sp³-hybridized carbons (Fsp3) is 0.333. The van der Waals surface area contributed by atoms with Crippen LogP contribution in [-0.4, -0.2) is 43.3 Å². The third-order valence-corrected chi connectivity index (χ3v) is 3.92. The molecule has 2 aliphatic heterocycles. The number of hydrazone groups is 1. The van der Waals surface area contributed by atoms with E-state index in [9.17, 15) is 14.4 Å². The molecule has 0 saturated carbocycles. The van der Waals surface area contributed by atoms with Crippen molar-refractivity contribution >= 4 is 29.2 Å². The van der Waals surface area contributed by atoms with Gasteiger partial charge in [0, 0.05) is 12.5 Å². The monoisotopic (exact) mass is 317 g/mol. The van der Waals surface area contributed by atoms with Crippen molar-refractivity contribution in [3.63, 3.8) is 0 Å². The van der Waals surface area contributed by atoms with Crippen LogP contribution in [0.4, 0.5) is 5.69 Å². The van der Waals surface area contributed by atoms with Gasteiger partial charge < -0.3 is 9.47 Å². The van der Waals surface area contributed by atoms with Crippen molar-refractivity contribution in [2.24, 2.45) is 5.10 Å². The first kappa shape index (κ1) is 15.0. The number of benzene rings is 1. The van der Waals surface area contributed by atoms with Crippen LogP contribution in [0.3, 0.4) is 0 Å². The van der Waals surface area contributed by atoms with Crippen molar-refractivity contribution in [2.45, 2.75) is 18.4 Å². The van der Waals surface area contributed by atoms with E-state index in [-0.39, 0.29) is 24.5 Å². The second-order valence-electron chi connectivity index (χ2n) is 5.33. The van der Waals surface area contributed by atoms with Gasteiger partial charge in [-0.05, 0) is 12.1 Å². The predicted molar refractivity (Wildman–Crippen MR) is 80.0 cm³/mol. The summed E-state index contributed by atoms with van der Waals surface area (Å²) in [5, 5.41) is 3.86. The van der Waals surface area contributed by atoms with E-state index in [2.05, 4.69) is 15.3 Å². The number of nitrogens with zero attached hydrogens (tertiary/aromatic N) is 2. The molecule has 1 aromatic carbocycles. The molecule has 1 aromatic rings. The summed E-state index contributed by atoms with van der Waals surface area (Å²) in [5.41, 5.74) is 1.95. The molecule has 0 aliphatic carbocycles. The minimum Gasteiger partial charge on any atom is -0.497 e. The fourth-order valence-electron chi connectivity index (χ4n) is 2.75. The van der Waals surface area contributed by atoms with Crippen LogP contribution in [0.15, 0.2) is 29.4 Å². The van der Waals surface area contributed by atoms with Crippen LogP contribution >= 0.6 is 0 Å². The van der Waals surface area contributed by atoms with Crippen LogP contribution in [0.1, 0.15) is 12.8 Å². The Hall–Kier alpha value is -2.90. The van der Waals surface area contributed by atoms with Crippen LogP contribution in [0.5, 0.6) is 5.75 Å². The number of methoxy groups -OCH3 is 2. The second-order valence-corrected chi connectivity index (χ2v) is 5.33. The molecule has 8 heteroatoms. The Morgan fingerprint density at radius 1 is 1.30 bits per heavy atom. The summed E-state index contributed by atoms with van der Waals surface area (Å²) < 4.78 is 9.72. The van der Waals surface area contributed by atoms with Crippen molar-refractivity contribution in [2.75, 3.05) is 19.1 Å². The molecule has 1 unspecified atom stereocenters. The van der Waals surface area contributed by atoms with Gasteiger partial charge in [-0.1, -0.05) is 6.07 Å². The van der Waals surface area contributed by atoms with Crippen molar-refractivity contribution in [1.29, 1.82) is 0 Å². The van der Waals surface area contributed by atoms with Gasteiger partial charge in [-0.25, -0.2) is 9.69 Å². The van der Waals surface area contributed by atoms with Crippen molar-refractivity contribution in [3.8, 4) is 5.75 Å². The number of anilines is 1. The van der Waals surface area contributed by atoms with Gasteiger partial charge in [0.1, 0.15) is 17.0 Å². The highest BCUT2D eigenvalue weighted by Gasteiger charge is 2.56. The standard InChI is InChI=1S/C15H15N3O5/c1-22-10-5-3-4-9(6-10)18-12(19)8-15(14(18)21)7-11(16-17-15)13(20)23-2/h3-6,17H,7-8H2,1-2H3. The third-order valence-electron chi connectivity index (χ3n) is 3.92. The molecular weight excluding hydrogens is 302 g/mol. The lowest BCUT2D eigenvalue weighted by molar-refractivity contribution is -0.132. The van der Waals surface area contributed by atoms with Gasteiger partial charge in [-0.15, -0.1) is 0 Å². The lowest BCUT2D eigenvalue weighted by Gasteiger charge is -2.21. The minimum absolute atomic E-state index is 0.0186. The van der Waals surface area contributed by atoms with E-state index in [0.29, 0.717) is 11.4 Å². The van der Waals surface area contributed by atoms with Crippen molar-refractivity contribution in [3.05, 3.63) is 24.3 Å². The van der Waals surface area contributed by atoms with E-state index in [1.165, 1.54) is 14.2 Å². The third kappa shape index (κ3) is 2.32. The lowest BCUT2D eigenvalue weighted by Crippen LogP contribution is -2.47. The molecule has 2 aliphatic rings. The van der Waals surface area contributed by atoms with E-state index in [4.69, 9.17) is 4.74 Å². The van der Waals surface area contributed by atoms with E-state index < -0.39 is 17.4 Å². The Kier molecular flexibility index (Phi) is 3.51. The predicted octanol–water partition coefficient (Wildman–Crippen LogP) is 0.220. The number of nitrogens with one attached hydrogen (secondary N) is 1. The van der Waals surface area contributed by atoms with Crippen LogP contribution in [0.25, 0.3) is 0 Å². The number of carbonyl (C=O) groups is 3. The number of imide groups is 1. The van der Waals surface area contributed by atoms with Crippen LogP contribution in [0.2, 0.25) is 0 Å². The smallest absolute Gasteiger partial charge is 0.354 e. The Morgan fingerprint density at radius 2 is 2.09 bits per heavy atom. The van der Waals surface area contributed by atoms with Gasteiger partial charge >= 0.3 is 5.97 Å². The highest BCUT2D eigenvalue weighted by atomic mass is 16.5. The van der Waals surface area contributed by atoms with Gasteiger partial charge in [0.15, 0.2) is 0 Å². The highest BCUT2D eigenvalue weighted by Crippen LogP contribution is 2.35. The Bertz CT molecular complexity index is 730. The molecule has 2 amide bonds. The molecule has 1 saturated heterocycles. The summed E-state index contributed by atoms with van der Waals surface area (Å²) in [6.07, 6.45) is -0.0578. The molecule has 3 rings (SSSR count). The maximum atomic E-state index is 12.8. The second kappa shape index (κ2) is 5.38. The number of hydrogen-bond donors (Lipinski definition) is 1. The topological polar surface area (TPSA) is 97.3 Å². The minimum atomic E-state index is -1.22. The first-order valence-corrected chi connectivity index (χ1v) is 6.94. The molecule has 1 spiro atoms. The first-order valence-electron chi connectivity index (χ1n) is 6.94. The number of hydrogen-bond acceptors (Lipinski definition) is 7. The molecule has 23 heavy (non-hydrogen) atoms. The van der Waals surface area contributed by atoms with Gasteiger partial charge in [0.2, 0.25) is 5.91 Å². The quantitative estimate of drug-likeness (QED) is 0.633. The Labute approximate surface area is 132 Å². The molecule has 2 heterocycles. The molecule has 1 N–H and O–H groups in total. The molecule has 120 valence electrons. The summed E-state index contributed by atoms with van der Waals surface area (Å²) >= 11 is 0. The van der Waals surface area contributed by atoms with Crippen molar-refractivity contribution in [1.82, 2.24) is 5.43 Å². The van der Waals surface area contributed by atoms with Gasteiger partial charge in [0.05, 0.1) is 26.3 Å². The van der Waals surface area contributed by atoms with E-state index >= 15 is 0 Å². The number of ether oxygens (including phenoxy) is 2. The molecule has 8 nitrogen and oxygen atoms in total. The lowest BCUT2D eigenvalue weighted by atomic mass is 9.93. The van der Waals surface area contributed by atoms with E-state index in [1.807, 2.05) is 0 Å². The number of rotatable bonds is 3. The van der Waals surface area contributed by atoms with Gasteiger partial charge in [-0.3, -0.25) is 15.0 Å². The maximum Gasteiger partial charge on any atom is 0.354 e. The van der Waals surface area contributed by atoms with E-state index in [0.717, 1.165) is 4.90 Å². The average Bonchev–Trinajstić information content (AvgIpc) is 3.09. The van der Waals surface area contributed by atoms with Gasteiger partial charge in [0.25, 0.3) is 5.91 Å². The Balaban J connectivity index is 1.88. The zero-order chi connectivity index (χ0) is 16.6. The molecule has 0 aromatic heterocycles. The van der Waals surface area contributed by atoms with Crippen LogP contribution in [-0.2, 0) is 19.1 Å². The maximum absolute atomic E-state index is 12.8. The first-order chi connectivity index (χ1) is 11.0. The average molecular weight is 317 g/mol. The largest absolute Gasteiger partial charge is 0.497 e. The summed E-state index contributed by atoms with van der Waals surface area (Å²) in [4.78, 5) is 37.8. The number of esters is 1. The fourth-order valence-corrected chi connectivity index (χ4v) is 2.75. The zero-order valence-electron chi connectivity index (χ0n) is 12.7. The molecule has 0 radical (unpaired) electrons. The summed E-state index contributed by atoms with van der Waals surface area (Å²) in [5.74, 6) is -0.889. The zero-order valence-corrected chi connectivity index (χ0v) is 12.7.